The van der Waals surface area contributed by atoms with E-state index in [1.54, 1.807) is 0 Å². The molecule has 0 spiro atoms. The largest absolute Gasteiger partial charge is 0.398 e. The molecule has 2 rings (SSSR count). The van der Waals surface area contributed by atoms with Gasteiger partial charge in [-0.3, -0.25) is 0 Å². The number of benzene rings is 1. The molecule has 1 heterocycles. The molecule has 0 aliphatic carbocycles. The van der Waals surface area contributed by atoms with Crippen molar-refractivity contribution in [1.29, 1.82) is 0 Å². The number of nitrogens with two attached hydrogens (primary N) is 1. The summed E-state index contributed by atoms with van der Waals surface area (Å²) in [6.45, 7) is 0.982. The lowest BCUT2D eigenvalue weighted by Crippen LogP contribution is -2.29. The minimum atomic E-state index is -0.509. The fourth-order valence-electron chi connectivity index (χ4n) is 2.00. The van der Waals surface area contributed by atoms with Gasteiger partial charge in [0.2, 0.25) is 0 Å². The number of aliphatic hydroxyl groups excluding tert-OH is 1. The Morgan fingerprint density at radius 2 is 2.33 bits per heavy atom. The van der Waals surface area contributed by atoms with Gasteiger partial charge >= 0.3 is 0 Å². The first kappa shape index (κ1) is 10.9. The molecule has 0 amide bonds. The zero-order valence-corrected chi connectivity index (χ0v) is 10.00. The highest BCUT2D eigenvalue weighted by atomic mass is 79.9. The zero-order chi connectivity index (χ0) is 10.8. The third-order valence-electron chi connectivity index (χ3n) is 2.85. The fourth-order valence-corrected chi connectivity index (χ4v) is 2.38. The van der Waals surface area contributed by atoms with Crippen LogP contribution in [-0.2, 0) is 0 Å². The van der Waals surface area contributed by atoms with Gasteiger partial charge in [-0.25, -0.2) is 0 Å². The molecule has 15 heavy (non-hydrogen) atoms. The Hall–Kier alpha value is -0.580. The van der Waals surface area contributed by atoms with Gasteiger partial charge < -0.3 is 16.2 Å². The average Bonchev–Trinajstić information content (AvgIpc) is 2.74. The first-order valence-electron chi connectivity index (χ1n) is 5.15. The Balaban J connectivity index is 2.23. The summed E-state index contributed by atoms with van der Waals surface area (Å²) in [6, 6.07) is 5.73. The second-order valence-electron chi connectivity index (χ2n) is 3.92. The van der Waals surface area contributed by atoms with E-state index >= 15 is 0 Å². The van der Waals surface area contributed by atoms with Crippen LogP contribution < -0.4 is 11.1 Å². The predicted octanol–water partition coefficient (Wildman–Crippen LogP) is 1.82. The molecule has 1 saturated heterocycles. The minimum Gasteiger partial charge on any atom is -0.398 e. The van der Waals surface area contributed by atoms with E-state index in [0.29, 0.717) is 5.69 Å². The van der Waals surface area contributed by atoms with Crippen molar-refractivity contribution in [1.82, 2.24) is 5.32 Å². The Morgan fingerprint density at radius 1 is 1.53 bits per heavy atom. The second-order valence-corrected chi connectivity index (χ2v) is 4.84. The van der Waals surface area contributed by atoms with E-state index in [9.17, 15) is 5.11 Å². The van der Waals surface area contributed by atoms with E-state index in [1.165, 1.54) is 0 Å². The Kier molecular flexibility index (Phi) is 3.29. The summed E-state index contributed by atoms with van der Waals surface area (Å²) in [7, 11) is 0. The number of nitrogens with one attached hydrogen (secondary N) is 1. The van der Waals surface area contributed by atoms with Gasteiger partial charge in [0.1, 0.15) is 0 Å². The highest BCUT2D eigenvalue weighted by Gasteiger charge is 2.25. The number of anilines is 1. The molecule has 4 N–H and O–H groups in total. The Morgan fingerprint density at radius 3 is 3.00 bits per heavy atom. The number of hydrogen-bond acceptors (Lipinski definition) is 3. The molecule has 2 atom stereocenters. The average molecular weight is 271 g/mol. The minimum absolute atomic E-state index is 0.140. The molecule has 1 aliphatic rings. The normalized spacial score (nSPS) is 22.9. The van der Waals surface area contributed by atoms with Crippen LogP contribution in [0.5, 0.6) is 0 Å². The third-order valence-corrected chi connectivity index (χ3v) is 3.34. The molecular weight excluding hydrogens is 256 g/mol. The van der Waals surface area contributed by atoms with Crippen LogP contribution in [0.25, 0.3) is 0 Å². The monoisotopic (exact) mass is 270 g/mol. The molecule has 3 nitrogen and oxygen atoms in total. The summed E-state index contributed by atoms with van der Waals surface area (Å²) in [5.41, 5.74) is 7.31. The van der Waals surface area contributed by atoms with Crippen molar-refractivity contribution >= 4 is 21.6 Å². The number of aliphatic hydroxyl groups is 1. The summed E-state index contributed by atoms with van der Waals surface area (Å²) >= 11 is 3.39. The van der Waals surface area contributed by atoms with Gasteiger partial charge in [0, 0.05) is 21.8 Å². The van der Waals surface area contributed by atoms with Gasteiger partial charge in [-0.05, 0) is 37.6 Å². The van der Waals surface area contributed by atoms with Crippen molar-refractivity contribution in [2.45, 2.75) is 25.0 Å². The highest BCUT2D eigenvalue weighted by molar-refractivity contribution is 9.10. The Bertz CT molecular complexity index is 350. The first-order chi connectivity index (χ1) is 7.18. The van der Waals surface area contributed by atoms with Crippen molar-refractivity contribution in [2.24, 2.45) is 0 Å². The third kappa shape index (κ3) is 2.33. The molecule has 0 saturated carbocycles. The number of hydrogen-bond donors (Lipinski definition) is 3. The van der Waals surface area contributed by atoms with Crippen molar-refractivity contribution in [3.8, 4) is 0 Å². The molecule has 1 aromatic carbocycles. The maximum atomic E-state index is 10.2. The maximum Gasteiger partial charge on any atom is 0.0963 e. The SMILES string of the molecule is Nc1ccc(Br)cc1C(O)C1CCCN1. The maximum absolute atomic E-state index is 10.2. The second kappa shape index (κ2) is 4.51. The van der Waals surface area contributed by atoms with Gasteiger partial charge in [0.15, 0.2) is 0 Å². The molecule has 0 bridgehead atoms. The molecule has 1 fully saturated rings. The van der Waals surface area contributed by atoms with Crippen molar-refractivity contribution in [3.05, 3.63) is 28.2 Å². The van der Waals surface area contributed by atoms with Crippen LogP contribution >= 0.6 is 15.9 Å². The van der Waals surface area contributed by atoms with Crippen LogP contribution in [-0.4, -0.2) is 17.7 Å². The summed E-state index contributed by atoms with van der Waals surface area (Å²) in [5.74, 6) is 0. The van der Waals surface area contributed by atoms with Crippen LogP contribution in [0.4, 0.5) is 5.69 Å². The first-order valence-corrected chi connectivity index (χ1v) is 5.94. The molecule has 1 aromatic rings. The molecule has 1 aliphatic heterocycles. The highest BCUT2D eigenvalue weighted by Crippen LogP contribution is 2.29. The molecular formula is C11H15BrN2O. The molecule has 0 radical (unpaired) electrons. The molecule has 4 heteroatoms. The van der Waals surface area contributed by atoms with E-state index in [1.807, 2.05) is 18.2 Å². The van der Waals surface area contributed by atoms with Crippen molar-refractivity contribution in [3.63, 3.8) is 0 Å². The van der Waals surface area contributed by atoms with Crippen molar-refractivity contribution < 1.29 is 5.11 Å². The summed E-state index contributed by atoms with van der Waals surface area (Å²) in [5, 5.41) is 13.4. The lowest BCUT2D eigenvalue weighted by atomic mass is 10.00. The number of rotatable bonds is 2. The van der Waals surface area contributed by atoms with E-state index in [-0.39, 0.29) is 6.04 Å². The van der Waals surface area contributed by atoms with Gasteiger partial charge in [0.25, 0.3) is 0 Å². The smallest absolute Gasteiger partial charge is 0.0963 e. The van der Waals surface area contributed by atoms with Gasteiger partial charge in [-0.2, -0.15) is 0 Å². The standard InChI is InChI=1S/C11H15BrN2O/c12-7-3-4-9(13)8(6-7)11(15)10-2-1-5-14-10/h3-4,6,10-11,14-15H,1-2,5,13H2. The lowest BCUT2D eigenvalue weighted by molar-refractivity contribution is 0.138. The van der Waals surface area contributed by atoms with Crippen LogP contribution in [0.2, 0.25) is 0 Å². The quantitative estimate of drug-likeness (QED) is 0.719. The van der Waals surface area contributed by atoms with Crippen molar-refractivity contribution in [2.75, 3.05) is 12.3 Å². The zero-order valence-electron chi connectivity index (χ0n) is 8.41. The molecule has 82 valence electrons. The topological polar surface area (TPSA) is 58.3 Å². The van der Waals surface area contributed by atoms with Crippen LogP contribution in [0.1, 0.15) is 24.5 Å². The fraction of sp³-hybridized carbons (Fsp3) is 0.455. The number of halogens is 1. The summed E-state index contributed by atoms with van der Waals surface area (Å²) in [4.78, 5) is 0. The van der Waals surface area contributed by atoms with Gasteiger partial charge in [-0.1, -0.05) is 15.9 Å². The van der Waals surface area contributed by atoms with Crippen LogP contribution in [0.15, 0.2) is 22.7 Å². The lowest BCUT2D eigenvalue weighted by Gasteiger charge is -2.20. The summed E-state index contributed by atoms with van der Waals surface area (Å²) < 4.78 is 0.948. The Labute approximate surface area is 97.8 Å². The van der Waals surface area contributed by atoms with Gasteiger partial charge in [-0.15, -0.1) is 0 Å². The summed E-state index contributed by atoms with van der Waals surface area (Å²) in [6.07, 6.45) is 1.62. The van der Waals surface area contributed by atoms with E-state index < -0.39 is 6.10 Å². The molecule has 0 aromatic heterocycles. The van der Waals surface area contributed by atoms with E-state index in [0.717, 1.165) is 29.4 Å². The predicted molar refractivity (Wildman–Crippen MR) is 64.5 cm³/mol. The number of nitrogen functional groups attached to an aromatic ring is 1. The molecule has 2 unspecified atom stereocenters. The van der Waals surface area contributed by atoms with Gasteiger partial charge in [0.05, 0.1) is 6.10 Å². The van der Waals surface area contributed by atoms with Crippen LogP contribution in [0.3, 0.4) is 0 Å². The van der Waals surface area contributed by atoms with E-state index in [4.69, 9.17) is 5.73 Å². The van der Waals surface area contributed by atoms with Crippen LogP contribution in [0, 0.1) is 0 Å². The van der Waals surface area contributed by atoms with E-state index in [2.05, 4.69) is 21.2 Å².